The molecule has 1 saturated heterocycles. The molecule has 6 rings (SSSR count). The molecule has 32 heavy (non-hydrogen) atoms. The molecule has 0 aliphatic carbocycles. The molecule has 0 radical (unpaired) electrons. The molecular weight excluding hydrogens is 418 g/mol. The summed E-state index contributed by atoms with van der Waals surface area (Å²) < 4.78 is 0. The Morgan fingerprint density at radius 2 is 1.91 bits per heavy atom. The largest absolute Gasteiger partial charge is 0.335 e. The number of thiophene rings is 1. The van der Waals surface area contributed by atoms with Crippen LogP contribution in [0.3, 0.4) is 0 Å². The number of imidazole rings is 1. The Morgan fingerprint density at radius 1 is 1.03 bits per heavy atom. The van der Waals surface area contributed by atoms with Gasteiger partial charge in [0.25, 0.3) is 0 Å². The molecule has 7 nitrogen and oxygen atoms in total. The second-order valence-corrected chi connectivity index (χ2v) is 9.60. The van der Waals surface area contributed by atoms with E-state index in [0.717, 1.165) is 45.9 Å². The number of nitrogens with one attached hydrogen (secondary N) is 2. The van der Waals surface area contributed by atoms with Crippen molar-refractivity contribution in [3.05, 3.63) is 59.5 Å². The topological polar surface area (TPSA) is 86.4 Å². The SMILES string of the molecule is Cc1ccc(-c2cncc3[nH]c(-c4cc(-c5cncc(CN6CCCC6)c5)n[nH]4)nc23)s1. The van der Waals surface area contributed by atoms with Crippen molar-refractivity contribution >= 4 is 22.4 Å². The highest BCUT2D eigenvalue weighted by Gasteiger charge is 2.16. The van der Waals surface area contributed by atoms with Crippen LogP contribution in [0.4, 0.5) is 0 Å². The summed E-state index contributed by atoms with van der Waals surface area (Å²) in [6.45, 7) is 5.40. The van der Waals surface area contributed by atoms with E-state index in [1.165, 1.54) is 41.2 Å². The maximum atomic E-state index is 4.88. The number of H-pyrrole nitrogens is 2. The zero-order chi connectivity index (χ0) is 21.5. The first kappa shape index (κ1) is 19.3. The van der Waals surface area contributed by atoms with Crippen LogP contribution < -0.4 is 0 Å². The summed E-state index contributed by atoms with van der Waals surface area (Å²) in [7, 11) is 0. The van der Waals surface area contributed by atoms with Gasteiger partial charge in [-0.05, 0) is 62.7 Å². The molecule has 5 aromatic heterocycles. The number of pyridine rings is 2. The molecule has 0 amide bonds. The lowest BCUT2D eigenvalue weighted by molar-refractivity contribution is 0.331. The minimum atomic E-state index is 0.752. The molecule has 2 N–H and O–H groups in total. The normalized spacial score (nSPS) is 14.5. The molecule has 0 aromatic carbocycles. The first-order chi connectivity index (χ1) is 15.7. The van der Waals surface area contributed by atoms with Gasteiger partial charge in [0.1, 0.15) is 11.2 Å². The van der Waals surface area contributed by atoms with Gasteiger partial charge in [-0.1, -0.05) is 0 Å². The fourth-order valence-electron chi connectivity index (χ4n) is 4.32. The molecule has 1 aliphatic heterocycles. The van der Waals surface area contributed by atoms with E-state index in [-0.39, 0.29) is 0 Å². The van der Waals surface area contributed by atoms with Crippen LogP contribution in [0.25, 0.3) is 44.2 Å². The Labute approximate surface area is 189 Å². The molecule has 1 fully saturated rings. The average Bonchev–Trinajstić information content (AvgIpc) is 3.59. The van der Waals surface area contributed by atoms with Crippen LogP contribution in [0, 0.1) is 6.92 Å². The van der Waals surface area contributed by atoms with Crippen molar-refractivity contribution in [2.75, 3.05) is 13.1 Å². The molecule has 6 heterocycles. The molecule has 0 atom stereocenters. The van der Waals surface area contributed by atoms with Gasteiger partial charge in [0.15, 0.2) is 5.82 Å². The lowest BCUT2D eigenvalue weighted by Gasteiger charge is -2.14. The van der Waals surface area contributed by atoms with E-state index in [9.17, 15) is 0 Å². The molecule has 1 aliphatic rings. The molecule has 5 aromatic rings. The highest BCUT2D eigenvalue weighted by Crippen LogP contribution is 2.33. The number of rotatable bonds is 5. The summed E-state index contributed by atoms with van der Waals surface area (Å²) in [5.74, 6) is 0.752. The number of aromatic amines is 2. The van der Waals surface area contributed by atoms with Crippen molar-refractivity contribution in [1.29, 1.82) is 0 Å². The molecule has 8 heteroatoms. The van der Waals surface area contributed by atoms with Crippen LogP contribution in [0.2, 0.25) is 0 Å². The summed E-state index contributed by atoms with van der Waals surface area (Å²) in [4.78, 5) is 22.1. The van der Waals surface area contributed by atoms with Crippen LogP contribution in [-0.4, -0.2) is 48.1 Å². The van der Waals surface area contributed by atoms with Gasteiger partial charge in [-0.3, -0.25) is 20.0 Å². The van der Waals surface area contributed by atoms with Gasteiger partial charge in [-0.2, -0.15) is 5.10 Å². The van der Waals surface area contributed by atoms with E-state index in [0.29, 0.717) is 0 Å². The fourth-order valence-corrected chi connectivity index (χ4v) is 5.20. The van der Waals surface area contributed by atoms with Crippen molar-refractivity contribution in [3.63, 3.8) is 0 Å². The minimum Gasteiger partial charge on any atom is -0.335 e. The lowest BCUT2D eigenvalue weighted by Crippen LogP contribution is -2.18. The van der Waals surface area contributed by atoms with Crippen LogP contribution in [0.5, 0.6) is 0 Å². The van der Waals surface area contributed by atoms with Gasteiger partial charge in [-0.25, -0.2) is 4.98 Å². The summed E-state index contributed by atoms with van der Waals surface area (Å²) in [5, 5.41) is 7.68. The van der Waals surface area contributed by atoms with Crippen molar-refractivity contribution in [2.24, 2.45) is 0 Å². The van der Waals surface area contributed by atoms with Crippen LogP contribution in [0.15, 0.2) is 49.1 Å². The minimum absolute atomic E-state index is 0.752. The molecule has 0 bridgehead atoms. The smallest absolute Gasteiger partial charge is 0.156 e. The van der Waals surface area contributed by atoms with Gasteiger partial charge in [-0.15, -0.1) is 11.3 Å². The number of aryl methyl sites for hydroxylation is 1. The van der Waals surface area contributed by atoms with Crippen molar-refractivity contribution in [2.45, 2.75) is 26.3 Å². The van der Waals surface area contributed by atoms with Gasteiger partial charge in [0, 0.05) is 46.0 Å². The first-order valence-corrected chi connectivity index (χ1v) is 11.7. The third-order valence-electron chi connectivity index (χ3n) is 5.93. The lowest BCUT2D eigenvalue weighted by atomic mass is 10.1. The predicted octanol–water partition coefficient (Wildman–Crippen LogP) is 5.04. The molecular formula is C24H23N7S. The van der Waals surface area contributed by atoms with Crippen molar-refractivity contribution in [1.82, 2.24) is 35.0 Å². The monoisotopic (exact) mass is 441 g/mol. The van der Waals surface area contributed by atoms with Crippen molar-refractivity contribution in [3.8, 4) is 33.2 Å². The van der Waals surface area contributed by atoms with E-state index in [1.54, 1.807) is 11.3 Å². The third kappa shape index (κ3) is 3.61. The quantitative estimate of drug-likeness (QED) is 0.399. The third-order valence-corrected chi connectivity index (χ3v) is 6.96. The zero-order valence-corrected chi connectivity index (χ0v) is 18.6. The van der Waals surface area contributed by atoms with E-state index in [4.69, 9.17) is 4.98 Å². The molecule has 0 unspecified atom stereocenters. The summed E-state index contributed by atoms with van der Waals surface area (Å²) in [6.07, 6.45) is 10.1. The molecule has 0 saturated carbocycles. The first-order valence-electron chi connectivity index (χ1n) is 10.9. The van der Waals surface area contributed by atoms with Crippen LogP contribution in [-0.2, 0) is 6.54 Å². The Hall–Kier alpha value is -3.36. The second-order valence-electron chi connectivity index (χ2n) is 8.31. The molecule has 160 valence electrons. The summed E-state index contributed by atoms with van der Waals surface area (Å²) >= 11 is 1.75. The number of hydrogen-bond donors (Lipinski definition) is 2. The Balaban J connectivity index is 1.31. The zero-order valence-electron chi connectivity index (χ0n) is 17.8. The number of likely N-dealkylation sites (tertiary alicyclic amines) is 1. The van der Waals surface area contributed by atoms with Crippen molar-refractivity contribution < 1.29 is 0 Å². The maximum Gasteiger partial charge on any atom is 0.156 e. The Kier molecular flexibility index (Phi) is 4.81. The van der Waals surface area contributed by atoms with E-state index in [1.807, 2.05) is 30.9 Å². The van der Waals surface area contributed by atoms with Gasteiger partial charge < -0.3 is 4.98 Å². The maximum absolute atomic E-state index is 4.88. The highest BCUT2D eigenvalue weighted by atomic mass is 32.1. The predicted molar refractivity (Wildman–Crippen MR) is 127 cm³/mol. The molecule has 0 spiro atoms. The number of fused-ring (bicyclic) bond motifs is 1. The van der Waals surface area contributed by atoms with E-state index < -0.39 is 0 Å². The van der Waals surface area contributed by atoms with Gasteiger partial charge in [0.2, 0.25) is 0 Å². The van der Waals surface area contributed by atoms with Gasteiger partial charge >= 0.3 is 0 Å². The average molecular weight is 442 g/mol. The highest BCUT2D eigenvalue weighted by molar-refractivity contribution is 7.15. The van der Waals surface area contributed by atoms with E-state index >= 15 is 0 Å². The Bertz CT molecular complexity index is 1390. The second kappa shape index (κ2) is 7.96. The Morgan fingerprint density at radius 3 is 2.75 bits per heavy atom. The van der Waals surface area contributed by atoms with Crippen LogP contribution in [0.1, 0.15) is 23.3 Å². The number of aromatic nitrogens is 6. The fraction of sp³-hybridized carbons (Fsp3) is 0.250. The number of nitrogens with zero attached hydrogens (tertiary/aromatic N) is 5. The summed E-state index contributed by atoms with van der Waals surface area (Å²) in [5.41, 5.74) is 6.81. The van der Waals surface area contributed by atoms with Crippen LogP contribution >= 0.6 is 11.3 Å². The van der Waals surface area contributed by atoms with Gasteiger partial charge in [0.05, 0.1) is 17.4 Å². The number of hydrogen-bond acceptors (Lipinski definition) is 6. The van der Waals surface area contributed by atoms with E-state index in [2.05, 4.69) is 55.2 Å². The standard InChI is InChI=1S/C24H23N7S/c1-15-4-5-22(32-15)18-12-26-13-21-23(18)28-24(27-21)20-9-19(29-30-20)17-8-16(10-25-11-17)14-31-6-2-3-7-31/h4-5,8-13H,2-3,6-7,14H2,1H3,(H,27,28)(H,29,30). The summed E-state index contributed by atoms with van der Waals surface area (Å²) in [6, 6.07) is 8.46.